The van der Waals surface area contributed by atoms with Crippen LogP contribution in [-0.2, 0) is 13.7 Å². The topological polar surface area (TPSA) is 133 Å². The molecule has 1 N–H and O–H groups in total. The van der Waals surface area contributed by atoms with Gasteiger partial charge in [0.2, 0.25) is 0 Å². The molecule has 0 amide bonds. The first kappa shape index (κ1) is 29.2. The molecule has 2 atom stereocenters. The van der Waals surface area contributed by atoms with Gasteiger partial charge in [-0.25, -0.2) is 0 Å². The van der Waals surface area contributed by atoms with E-state index in [9.17, 15) is 23.8 Å². The Morgan fingerprint density at radius 3 is 1.56 bits per heavy atom. The van der Waals surface area contributed by atoms with Crippen molar-refractivity contribution in [1.29, 1.82) is 0 Å². The summed E-state index contributed by atoms with van der Waals surface area (Å²) in [7, 11) is -10.6. The molecule has 0 spiro atoms. The first-order valence-corrected chi connectivity index (χ1v) is 6.48. The average molecular weight is 348 g/mol. The fourth-order valence-electron chi connectivity index (χ4n) is 0.521. The summed E-state index contributed by atoms with van der Waals surface area (Å²) < 4.78 is 25.0. The molecule has 0 rings (SSSR count). The predicted molar refractivity (Wildman–Crippen MR) is 37.4 cm³/mol. The molecule has 0 aromatic carbocycles. The second-order valence-corrected chi connectivity index (χ2v) is 6.34. The van der Waals surface area contributed by atoms with Crippen LogP contribution >= 0.6 is 15.2 Å². The Kier molecular flexibility index (Phi) is 23.2. The van der Waals surface area contributed by atoms with Crippen molar-refractivity contribution >= 4 is 15.2 Å². The van der Waals surface area contributed by atoms with Crippen LogP contribution in [0.15, 0.2) is 0 Å². The molecule has 0 bridgehead atoms. The van der Waals surface area contributed by atoms with Crippen molar-refractivity contribution in [3.63, 3.8) is 0 Å². The van der Waals surface area contributed by atoms with Crippen LogP contribution < -0.4 is 169 Å². The van der Waals surface area contributed by atoms with Gasteiger partial charge >= 0.3 is 154 Å². The Hall–Kier alpha value is 5.17. The van der Waals surface area contributed by atoms with Gasteiger partial charge < -0.3 is 33.4 Å². The van der Waals surface area contributed by atoms with Gasteiger partial charge in [-0.05, 0) is 21.4 Å². The number of aliphatic hydroxyl groups is 1. The Balaban J connectivity index is -0.000000240. The molecule has 0 aliphatic rings. The van der Waals surface area contributed by atoms with Gasteiger partial charge in [0.25, 0.3) is 0 Å². The summed E-state index contributed by atoms with van der Waals surface area (Å²) in [5.74, 6) is 0. The van der Waals surface area contributed by atoms with Gasteiger partial charge in [0.15, 0.2) is 7.60 Å². The Morgan fingerprint density at radius 1 is 1.06 bits per heavy atom. The van der Waals surface area contributed by atoms with Crippen molar-refractivity contribution < 1.29 is 188 Å². The minimum atomic E-state index is -5.58. The van der Waals surface area contributed by atoms with Crippen LogP contribution in [0.4, 0.5) is 0 Å². The maximum absolute atomic E-state index is 10.8. The van der Waals surface area contributed by atoms with E-state index in [2.05, 4.69) is 4.52 Å². The number of hydrogen-bond donors (Lipinski definition) is 1. The minimum Gasteiger partial charge on any atom is -0.809 e. The van der Waals surface area contributed by atoms with Gasteiger partial charge in [-0.15, -0.1) is 0 Å². The molecular formula is C4H9K3O7P2. The summed E-state index contributed by atoms with van der Waals surface area (Å²) in [4.78, 5) is 31.0. The summed E-state index contributed by atoms with van der Waals surface area (Å²) in [6, 6.07) is 0. The zero-order valence-corrected chi connectivity index (χ0v) is 21.1. The van der Waals surface area contributed by atoms with E-state index < -0.39 is 26.9 Å². The molecule has 16 heavy (non-hydrogen) atoms. The van der Waals surface area contributed by atoms with E-state index in [1.54, 1.807) is 0 Å². The molecule has 0 saturated heterocycles. The van der Waals surface area contributed by atoms with Crippen LogP contribution in [0.5, 0.6) is 0 Å². The van der Waals surface area contributed by atoms with Crippen molar-refractivity contribution in [2.75, 3.05) is 0 Å². The molecular weight excluding hydrogens is 339 g/mol. The average Bonchev–Trinajstić information content (AvgIpc) is 1.80. The maximum atomic E-state index is 10.8. The molecule has 0 saturated carbocycles. The monoisotopic (exact) mass is 348 g/mol. The fourth-order valence-corrected chi connectivity index (χ4v) is 2.77. The van der Waals surface area contributed by atoms with E-state index in [0.29, 0.717) is 0 Å². The minimum absolute atomic E-state index is 0. The standard InChI is InChI=1S/C4H12O7P2.3K/c1-3(2)11-13(9,10)4(5)12(6,7)8;;;/h3-5H,1-2H3,(H,9,10)(H2,6,7,8);;;/q;3*+1/p-3. The van der Waals surface area contributed by atoms with Crippen molar-refractivity contribution in [2.24, 2.45) is 0 Å². The normalized spacial score (nSPS) is 16.2. The fraction of sp³-hybridized carbons (Fsp3) is 1.00. The van der Waals surface area contributed by atoms with Crippen LogP contribution in [0.1, 0.15) is 13.8 Å². The van der Waals surface area contributed by atoms with Crippen molar-refractivity contribution in [2.45, 2.75) is 25.5 Å². The zero-order valence-electron chi connectivity index (χ0n) is 9.95. The summed E-state index contributed by atoms with van der Waals surface area (Å²) in [6.07, 6.45) is -0.829. The molecule has 12 heteroatoms. The second kappa shape index (κ2) is 12.7. The van der Waals surface area contributed by atoms with Gasteiger partial charge in [0, 0.05) is 0 Å². The van der Waals surface area contributed by atoms with Crippen LogP contribution in [-0.4, -0.2) is 16.8 Å². The van der Waals surface area contributed by atoms with E-state index in [1.165, 1.54) is 13.8 Å². The first-order valence-electron chi connectivity index (χ1n) is 3.26. The molecule has 0 radical (unpaired) electrons. The van der Waals surface area contributed by atoms with Crippen molar-refractivity contribution in [3.8, 4) is 0 Å². The SMILES string of the molecule is CC(C)OP(=O)([O-])C(O)P(=O)([O-])[O-].[K+].[K+].[K+]. The van der Waals surface area contributed by atoms with Gasteiger partial charge in [-0.3, -0.25) is 0 Å². The molecule has 0 aliphatic heterocycles. The Labute approximate surface area is 222 Å². The van der Waals surface area contributed by atoms with E-state index in [-0.39, 0.29) is 154 Å². The summed E-state index contributed by atoms with van der Waals surface area (Å²) in [5.41, 5.74) is -3.01. The largest absolute Gasteiger partial charge is 1.00 e. The number of aliphatic hydroxyl groups excluding tert-OH is 1. The van der Waals surface area contributed by atoms with Gasteiger partial charge in [0.1, 0.15) is 5.59 Å². The van der Waals surface area contributed by atoms with Crippen molar-refractivity contribution in [1.82, 2.24) is 0 Å². The third-order valence-electron chi connectivity index (χ3n) is 0.923. The third-order valence-corrected chi connectivity index (χ3v) is 4.47. The van der Waals surface area contributed by atoms with Gasteiger partial charge in [-0.2, -0.15) is 0 Å². The molecule has 7 nitrogen and oxygen atoms in total. The van der Waals surface area contributed by atoms with E-state index >= 15 is 0 Å². The Morgan fingerprint density at radius 2 is 1.38 bits per heavy atom. The second-order valence-electron chi connectivity index (χ2n) is 2.58. The molecule has 0 aliphatic carbocycles. The first-order chi connectivity index (χ1) is 5.57. The summed E-state index contributed by atoms with van der Waals surface area (Å²) >= 11 is 0. The van der Waals surface area contributed by atoms with Crippen LogP contribution in [0.3, 0.4) is 0 Å². The molecule has 0 aromatic heterocycles. The molecule has 80 valence electrons. The van der Waals surface area contributed by atoms with Crippen LogP contribution in [0.25, 0.3) is 0 Å². The number of hydrogen-bond acceptors (Lipinski definition) is 7. The van der Waals surface area contributed by atoms with E-state index in [4.69, 9.17) is 5.11 Å². The quantitative estimate of drug-likeness (QED) is 0.394. The molecule has 0 fully saturated rings. The summed E-state index contributed by atoms with van der Waals surface area (Å²) in [5, 5.41) is 8.57. The predicted octanol–water partition coefficient (Wildman–Crippen LogP) is -10.8. The van der Waals surface area contributed by atoms with Crippen LogP contribution in [0, 0.1) is 0 Å². The zero-order chi connectivity index (χ0) is 10.9. The number of rotatable bonds is 4. The summed E-state index contributed by atoms with van der Waals surface area (Å²) in [6.45, 7) is 2.63. The van der Waals surface area contributed by atoms with Crippen LogP contribution in [0.2, 0.25) is 0 Å². The van der Waals surface area contributed by atoms with Gasteiger partial charge in [-0.1, -0.05) is 0 Å². The third kappa shape index (κ3) is 12.9. The molecule has 2 unspecified atom stereocenters. The van der Waals surface area contributed by atoms with Gasteiger partial charge in [0.05, 0.1) is 6.10 Å². The molecule has 0 aromatic rings. The molecule has 0 heterocycles. The smallest absolute Gasteiger partial charge is 0.809 e. The van der Waals surface area contributed by atoms with E-state index in [0.717, 1.165) is 0 Å². The van der Waals surface area contributed by atoms with E-state index in [1.807, 2.05) is 0 Å². The Bertz CT molecular complexity index is 266. The maximum Gasteiger partial charge on any atom is 1.00 e. The van der Waals surface area contributed by atoms with Crippen molar-refractivity contribution in [3.05, 3.63) is 0 Å².